The molecule has 2 aromatic carbocycles. The number of carboxylic acids is 1. The summed E-state index contributed by atoms with van der Waals surface area (Å²) in [5.74, 6) is -2.11. The Labute approximate surface area is 150 Å². The SMILES string of the molecule is O=C(O)CNC(=O)CCC(=O)OCC1c2ccccc2-c2ccccc21. The average Bonchev–Trinajstić information content (AvgIpc) is 2.97. The first-order chi connectivity index (χ1) is 12.6. The standard InChI is InChI=1S/C20H19NO5/c22-18(21-11-19(23)24)9-10-20(25)26-12-17-15-7-3-1-5-13(15)14-6-2-4-8-16(14)17/h1-8,17H,9-12H2,(H,21,22)(H,23,24). The summed E-state index contributed by atoms with van der Waals surface area (Å²) in [6, 6.07) is 16.1. The molecule has 0 heterocycles. The number of carboxylic acid groups (broad SMARTS) is 1. The van der Waals surface area contributed by atoms with Crippen LogP contribution in [0.25, 0.3) is 11.1 Å². The van der Waals surface area contributed by atoms with Crippen molar-refractivity contribution in [3.8, 4) is 11.1 Å². The van der Waals surface area contributed by atoms with Gasteiger partial charge >= 0.3 is 11.9 Å². The molecule has 134 valence electrons. The quantitative estimate of drug-likeness (QED) is 0.745. The molecule has 0 spiro atoms. The van der Waals surface area contributed by atoms with E-state index in [0.29, 0.717) is 0 Å². The summed E-state index contributed by atoms with van der Waals surface area (Å²) in [6.07, 6.45) is -0.175. The minimum atomic E-state index is -1.13. The topological polar surface area (TPSA) is 92.7 Å². The predicted octanol–water partition coefficient (Wildman–Crippen LogP) is 2.32. The van der Waals surface area contributed by atoms with E-state index < -0.39 is 24.4 Å². The molecule has 0 radical (unpaired) electrons. The van der Waals surface area contributed by atoms with Gasteiger partial charge in [0, 0.05) is 12.3 Å². The van der Waals surface area contributed by atoms with Crippen LogP contribution < -0.4 is 5.32 Å². The molecule has 1 amide bonds. The fourth-order valence-electron chi connectivity index (χ4n) is 3.17. The third-order valence-corrected chi connectivity index (χ3v) is 4.37. The Morgan fingerprint density at radius 1 is 0.923 bits per heavy atom. The second-order valence-electron chi connectivity index (χ2n) is 6.08. The largest absolute Gasteiger partial charge is 0.480 e. The van der Waals surface area contributed by atoms with E-state index in [-0.39, 0.29) is 25.4 Å². The van der Waals surface area contributed by atoms with Crippen molar-refractivity contribution in [2.24, 2.45) is 0 Å². The number of ether oxygens (including phenoxy) is 1. The first-order valence-corrected chi connectivity index (χ1v) is 8.38. The van der Waals surface area contributed by atoms with Crippen LogP contribution in [0.4, 0.5) is 0 Å². The van der Waals surface area contributed by atoms with Crippen molar-refractivity contribution in [2.45, 2.75) is 18.8 Å². The van der Waals surface area contributed by atoms with E-state index in [9.17, 15) is 14.4 Å². The Hall–Kier alpha value is -3.15. The van der Waals surface area contributed by atoms with Gasteiger partial charge in [0.25, 0.3) is 0 Å². The fourth-order valence-corrected chi connectivity index (χ4v) is 3.17. The maximum absolute atomic E-state index is 11.9. The van der Waals surface area contributed by atoms with Crippen LogP contribution in [0.5, 0.6) is 0 Å². The first kappa shape index (κ1) is 17.7. The zero-order valence-corrected chi connectivity index (χ0v) is 14.1. The maximum atomic E-state index is 11.9. The van der Waals surface area contributed by atoms with Crippen LogP contribution >= 0.6 is 0 Å². The van der Waals surface area contributed by atoms with Crippen LogP contribution in [0.15, 0.2) is 48.5 Å². The number of carbonyl (C=O) groups is 3. The molecule has 2 aromatic rings. The number of carbonyl (C=O) groups excluding carboxylic acids is 2. The van der Waals surface area contributed by atoms with E-state index in [1.165, 1.54) is 0 Å². The van der Waals surface area contributed by atoms with Crippen LogP contribution in [-0.2, 0) is 19.1 Å². The molecule has 2 N–H and O–H groups in total. The minimum Gasteiger partial charge on any atom is -0.480 e. The zero-order valence-electron chi connectivity index (χ0n) is 14.1. The number of hydrogen-bond donors (Lipinski definition) is 2. The van der Waals surface area contributed by atoms with Crippen LogP contribution in [0.1, 0.15) is 29.9 Å². The fraction of sp³-hybridized carbons (Fsp3) is 0.250. The van der Waals surface area contributed by atoms with Gasteiger partial charge in [0.1, 0.15) is 13.2 Å². The normalized spacial score (nSPS) is 12.2. The smallest absolute Gasteiger partial charge is 0.322 e. The Morgan fingerprint density at radius 3 is 2.08 bits per heavy atom. The van der Waals surface area contributed by atoms with Gasteiger partial charge in [-0.1, -0.05) is 48.5 Å². The van der Waals surface area contributed by atoms with Crippen molar-refractivity contribution in [1.29, 1.82) is 0 Å². The molecule has 0 saturated carbocycles. The van der Waals surface area contributed by atoms with Crippen LogP contribution in [0, 0.1) is 0 Å². The number of benzene rings is 2. The number of esters is 1. The molecule has 0 aliphatic heterocycles. The molecule has 1 aliphatic rings. The highest BCUT2D eigenvalue weighted by Crippen LogP contribution is 2.44. The highest BCUT2D eigenvalue weighted by atomic mass is 16.5. The highest BCUT2D eigenvalue weighted by molar-refractivity contribution is 5.84. The van der Waals surface area contributed by atoms with Gasteiger partial charge in [-0.15, -0.1) is 0 Å². The molecule has 6 heteroatoms. The molecule has 0 bridgehead atoms. The molecule has 0 unspecified atom stereocenters. The second-order valence-corrected chi connectivity index (χ2v) is 6.08. The molecule has 0 saturated heterocycles. The maximum Gasteiger partial charge on any atom is 0.322 e. The lowest BCUT2D eigenvalue weighted by molar-refractivity contribution is -0.145. The summed E-state index contributed by atoms with van der Waals surface area (Å²) in [5, 5.41) is 10.7. The van der Waals surface area contributed by atoms with Crippen molar-refractivity contribution in [1.82, 2.24) is 5.32 Å². The van der Waals surface area contributed by atoms with Gasteiger partial charge < -0.3 is 15.2 Å². The van der Waals surface area contributed by atoms with Gasteiger partial charge in [0.05, 0.1) is 6.42 Å². The third-order valence-electron chi connectivity index (χ3n) is 4.37. The number of rotatable bonds is 7. The van der Waals surface area contributed by atoms with Gasteiger partial charge in [0.15, 0.2) is 0 Å². The molecule has 1 aliphatic carbocycles. The number of nitrogens with one attached hydrogen (secondary N) is 1. The summed E-state index contributed by atoms with van der Waals surface area (Å²) in [5.41, 5.74) is 4.55. The average molecular weight is 353 g/mol. The molecular weight excluding hydrogens is 334 g/mol. The predicted molar refractivity (Wildman–Crippen MR) is 94.6 cm³/mol. The van der Waals surface area contributed by atoms with Crippen LogP contribution in [0.3, 0.4) is 0 Å². The molecule has 26 heavy (non-hydrogen) atoms. The van der Waals surface area contributed by atoms with Gasteiger partial charge in [-0.25, -0.2) is 0 Å². The van der Waals surface area contributed by atoms with Crippen LogP contribution in [0.2, 0.25) is 0 Å². The molecule has 3 rings (SSSR count). The number of aliphatic carboxylic acids is 1. The van der Waals surface area contributed by atoms with E-state index in [1.54, 1.807) is 0 Å². The monoisotopic (exact) mass is 353 g/mol. The van der Waals surface area contributed by atoms with Gasteiger partial charge in [-0.3, -0.25) is 14.4 Å². The number of hydrogen-bond acceptors (Lipinski definition) is 4. The number of fused-ring (bicyclic) bond motifs is 3. The Kier molecular flexibility index (Phi) is 5.31. The summed E-state index contributed by atoms with van der Waals surface area (Å²) >= 11 is 0. The Bertz CT molecular complexity index is 800. The molecule has 6 nitrogen and oxygen atoms in total. The molecular formula is C20H19NO5. The van der Waals surface area contributed by atoms with Crippen molar-refractivity contribution >= 4 is 17.8 Å². The van der Waals surface area contributed by atoms with Gasteiger partial charge in [0.2, 0.25) is 5.91 Å². The van der Waals surface area contributed by atoms with Crippen molar-refractivity contribution in [3.05, 3.63) is 59.7 Å². The molecule has 0 atom stereocenters. The Balaban J connectivity index is 1.57. The third kappa shape index (κ3) is 3.91. The number of amides is 1. The highest BCUT2D eigenvalue weighted by Gasteiger charge is 2.28. The lowest BCUT2D eigenvalue weighted by atomic mass is 9.98. The van der Waals surface area contributed by atoms with E-state index in [4.69, 9.17) is 9.84 Å². The zero-order chi connectivity index (χ0) is 18.5. The summed E-state index contributed by atoms with van der Waals surface area (Å²) in [6.45, 7) is -0.243. The molecule has 0 aromatic heterocycles. The van der Waals surface area contributed by atoms with E-state index in [2.05, 4.69) is 17.4 Å². The lowest BCUT2D eigenvalue weighted by Gasteiger charge is -2.14. The molecule has 0 fully saturated rings. The van der Waals surface area contributed by atoms with Crippen LogP contribution in [-0.4, -0.2) is 36.1 Å². The van der Waals surface area contributed by atoms with Gasteiger partial charge in [-0.05, 0) is 22.3 Å². The second kappa shape index (κ2) is 7.82. The first-order valence-electron chi connectivity index (χ1n) is 8.38. The van der Waals surface area contributed by atoms with Crippen molar-refractivity contribution < 1.29 is 24.2 Å². The van der Waals surface area contributed by atoms with Crippen molar-refractivity contribution in [3.63, 3.8) is 0 Å². The summed E-state index contributed by atoms with van der Waals surface area (Å²) in [7, 11) is 0. The van der Waals surface area contributed by atoms with E-state index in [1.807, 2.05) is 36.4 Å². The lowest BCUT2D eigenvalue weighted by Crippen LogP contribution is -2.29. The Morgan fingerprint density at radius 2 is 1.50 bits per heavy atom. The van der Waals surface area contributed by atoms with E-state index >= 15 is 0 Å². The van der Waals surface area contributed by atoms with E-state index in [0.717, 1.165) is 22.3 Å². The summed E-state index contributed by atoms with van der Waals surface area (Å²) in [4.78, 5) is 33.8. The van der Waals surface area contributed by atoms with Gasteiger partial charge in [-0.2, -0.15) is 0 Å². The minimum absolute atomic E-state index is 0.0211. The summed E-state index contributed by atoms with van der Waals surface area (Å²) < 4.78 is 5.38. The van der Waals surface area contributed by atoms with Crippen molar-refractivity contribution in [2.75, 3.05) is 13.2 Å².